The number of rotatable bonds is 2. The lowest BCUT2D eigenvalue weighted by molar-refractivity contribution is 0.347. The first kappa shape index (κ1) is 14.3. The molecule has 0 unspecified atom stereocenters. The van der Waals surface area contributed by atoms with Crippen LogP contribution in [0.15, 0.2) is 32.3 Å². The van der Waals surface area contributed by atoms with Gasteiger partial charge in [-0.25, -0.2) is 13.2 Å². The van der Waals surface area contributed by atoms with E-state index in [2.05, 4.69) is 9.88 Å². The average Bonchev–Trinajstić information content (AvgIpc) is 2.66. The zero-order chi connectivity index (χ0) is 15.0. The van der Waals surface area contributed by atoms with Gasteiger partial charge in [-0.2, -0.15) is 4.31 Å². The highest BCUT2D eigenvalue weighted by molar-refractivity contribution is 7.89. The molecule has 21 heavy (non-hydrogen) atoms. The molecule has 1 saturated heterocycles. The summed E-state index contributed by atoms with van der Waals surface area (Å²) in [5.41, 5.74) is 0.752. The summed E-state index contributed by atoms with van der Waals surface area (Å²) >= 11 is 0. The maximum Gasteiger partial charge on any atom is 0.417 e. The van der Waals surface area contributed by atoms with E-state index in [1.165, 1.54) is 22.5 Å². The summed E-state index contributed by atoms with van der Waals surface area (Å²) in [7, 11) is -1.56. The van der Waals surface area contributed by atoms with Gasteiger partial charge < -0.3 is 9.32 Å². The van der Waals surface area contributed by atoms with Gasteiger partial charge in [0.2, 0.25) is 10.0 Å². The van der Waals surface area contributed by atoms with Crippen molar-refractivity contribution in [3.8, 4) is 0 Å². The lowest BCUT2D eigenvalue weighted by atomic mass is 10.3. The van der Waals surface area contributed by atoms with Gasteiger partial charge in [0.1, 0.15) is 0 Å². The van der Waals surface area contributed by atoms with Crippen molar-refractivity contribution in [2.45, 2.75) is 11.3 Å². The van der Waals surface area contributed by atoms with Crippen LogP contribution in [0.25, 0.3) is 11.1 Å². The molecule has 0 amide bonds. The fourth-order valence-electron chi connectivity index (χ4n) is 2.50. The quantitative estimate of drug-likeness (QED) is 0.870. The van der Waals surface area contributed by atoms with E-state index in [1.54, 1.807) is 0 Å². The van der Waals surface area contributed by atoms with E-state index in [-0.39, 0.29) is 4.90 Å². The highest BCUT2D eigenvalue weighted by Gasteiger charge is 2.26. The lowest BCUT2D eigenvalue weighted by Gasteiger charge is -2.20. The topological polar surface area (TPSA) is 86.6 Å². The SMILES string of the molecule is CN1CCCN(S(=O)(=O)c2ccc3oc(=O)[nH]c3c2)CC1. The minimum absolute atomic E-state index is 0.177. The van der Waals surface area contributed by atoms with E-state index in [4.69, 9.17) is 4.42 Å². The summed E-state index contributed by atoms with van der Waals surface area (Å²) in [6, 6.07) is 4.43. The molecular weight excluding hydrogens is 294 g/mol. The Labute approximate surface area is 122 Å². The van der Waals surface area contributed by atoms with Gasteiger partial charge in [0.25, 0.3) is 0 Å². The van der Waals surface area contributed by atoms with Crippen molar-refractivity contribution in [2.75, 3.05) is 33.2 Å². The molecule has 3 rings (SSSR count). The van der Waals surface area contributed by atoms with Gasteiger partial charge in [-0.3, -0.25) is 4.98 Å². The third-order valence-electron chi connectivity index (χ3n) is 3.71. The molecule has 1 aromatic heterocycles. The molecule has 1 aliphatic heterocycles. The van der Waals surface area contributed by atoms with Crippen LogP contribution >= 0.6 is 0 Å². The lowest BCUT2D eigenvalue weighted by Crippen LogP contribution is -2.34. The summed E-state index contributed by atoms with van der Waals surface area (Å²) in [5.74, 6) is -0.587. The Kier molecular flexibility index (Phi) is 3.60. The van der Waals surface area contributed by atoms with Crippen molar-refractivity contribution in [1.29, 1.82) is 0 Å². The molecule has 1 fully saturated rings. The summed E-state index contributed by atoms with van der Waals surface area (Å²) < 4.78 is 31.7. The Morgan fingerprint density at radius 2 is 2.00 bits per heavy atom. The first-order valence-electron chi connectivity index (χ1n) is 6.78. The number of aromatic amines is 1. The van der Waals surface area contributed by atoms with Crippen LogP contribution in [-0.4, -0.2) is 55.8 Å². The zero-order valence-corrected chi connectivity index (χ0v) is 12.5. The summed E-state index contributed by atoms with van der Waals surface area (Å²) in [6.07, 6.45) is 0.806. The van der Waals surface area contributed by atoms with E-state index in [9.17, 15) is 13.2 Å². The number of fused-ring (bicyclic) bond motifs is 1. The van der Waals surface area contributed by atoms with Gasteiger partial charge in [0, 0.05) is 19.6 Å². The minimum atomic E-state index is -3.55. The molecule has 1 aromatic carbocycles. The molecule has 0 bridgehead atoms. The van der Waals surface area contributed by atoms with E-state index >= 15 is 0 Å². The number of hydrogen-bond donors (Lipinski definition) is 1. The van der Waals surface area contributed by atoms with Crippen LogP contribution < -0.4 is 5.76 Å². The molecule has 0 spiro atoms. The van der Waals surface area contributed by atoms with Crippen molar-refractivity contribution in [3.63, 3.8) is 0 Å². The maximum atomic E-state index is 12.7. The van der Waals surface area contributed by atoms with Crippen LogP contribution in [0.3, 0.4) is 0 Å². The number of likely N-dealkylation sites (N-methyl/N-ethyl adjacent to an activating group) is 1. The highest BCUT2D eigenvalue weighted by Crippen LogP contribution is 2.21. The number of hydrogen-bond acceptors (Lipinski definition) is 5. The molecule has 1 aliphatic rings. The third kappa shape index (κ3) is 2.74. The summed E-state index contributed by atoms with van der Waals surface area (Å²) in [6.45, 7) is 2.58. The van der Waals surface area contributed by atoms with Crippen molar-refractivity contribution in [3.05, 3.63) is 28.7 Å². The van der Waals surface area contributed by atoms with Crippen LogP contribution in [0.4, 0.5) is 0 Å². The maximum absolute atomic E-state index is 12.7. The van der Waals surface area contributed by atoms with Crippen LogP contribution in [0.1, 0.15) is 6.42 Å². The number of aromatic nitrogens is 1. The van der Waals surface area contributed by atoms with Crippen LogP contribution in [0, 0.1) is 0 Å². The van der Waals surface area contributed by atoms with Gasteiger partial charge >= 0.3 is 5.76 Å². The highest BCUT2D eigenvalue weighted by atomic mass is 32.2. The Balaban J connectivity index is 1.97. The number of oxazole rings is 1. The molecule has 0 saturated carbocycles. The number of nitrogens with zero attached hydrogens (tertiary/aromatic N) is 2. The van der Waals surface area contributed by atoms with Gasteiger partial charge in [-0.1, -0.05) is 0 Å². The molecule has 2 heterocycles. The third-order valence-corrected chi connectivity index (χ3v) is 5.60. The molecule has 1 N–H and O–H groups in total. The predicted octanol–water partition coefficient (Wildman–Crippen LogP) is 0.447. The second-order valence-electron chi connectivity index (χ2n) is 5.23. The molecule has 7 nitrogen and oxygen atoms in total. The second-order valence-corrected chi connectivity index (χ2v) is 7.17. The van der Waals surface area contributed by atoms with Crippen molar-refractivity contribution < 1.29 is 12.8 Å². The van der Waals surface area contributed by atoms with Gasteiger partial charge in [0.15, 0.2) is 5.58 Å². The summed E-state index contributed by atoms with van der Waals surface area (Å²) in [5, 5.41) is 0. The predicted molar refractivity (Wildman–Crippen MR) is 77.7 cm³/mol. The fraction of sp³-hybridized carbons (Fsp3) is 0.462. The number of H-pyrrole nitrogens is 1. The molecular formula is C13H17N3O4S. The average molecular weight is 311 g/mol. The smallest absolute Gasteiger partial charge is 0.408 e. The number of benzene rings is 1. The largest absolute Gasteiger partial charge is 0.417 e. The van der Waals surface area contributed by atoms with E-state index < -0.39 is 15.8 Å². The van der Waals surface area contributed by atoms with Crippen LogP contribution in [0.2, 0.25) is 0 Å². The molecule has 2 aromatic rings. The number of sulfonamides is 1. The van der Waals surface area contributed by atoms with Gasteiger partial charge in [-0.05, 0) is 38.2 Å². The Hall–Kier alpha value is -1.64. The molecule has 0 radical (unpaired) electrons. The first-order valence-corrected chi connectivity index (χ1v) is 8.22. The Morgan fingerprint density at radius 3 is 2.81 bits per heavy atom. The second kappa shape index (κ2) is 5.28. The Morgan fingerprint density at radius 1 is 1.19 bits per heavy atom. The summed E-state index contributed by atoms with van der Waals surface area (Å²) in [4.78, 5) is 15.9. The standard InChI is InChI=1S/C13H17N3O4S/c1-15-5-2-6-16(8-7-15)21(18,19)10-3-4-12-11(9-10)14-13(17)20-12/h3-4,9H,2,5-8H2,1H3,(H,14,17). The normalized spacial score (nSPS) is 18.9. The fourth-order valence-corrected chi connectivity index (χ4v) is 4.00. The van der Waals surface area contributed by atoms with E-state index in [0.29, 0.717) is 30.7 Å². The molecule has 8 heteroatoms. The van der Waals surface area contributed by atoms with Crippen molar-refractivity contribution in [2.24, 2.45) is 0 Å². The van der Waals surface area contributed by atoms with Gasteiger partial charge in [0.05, 0.1) is 10.4 Å². The Bertz CT molecular complexity index is 808. The monoisotopic (exact) mass is 311 g/mol. The van der Waals surface area contributed by atoms with Crippen LogP contribution in [-0.2, 0) is 10.0 Å². The van der Waals surface area contributed by atoms with Crippen molar-refractivity contribution in [1.82, 2.24) is 14.2 Å². The zero-order valence-electron chi connectivity index (χ0n) is 11.7. The number of nitrogens with one attached hydrogen (secondary N) is 1. The van der Waals surface area contributed by atoms with E-state index in [1.807, 2.05) is 7.05 Å². The molecule has 0 aliphatic carbocycles. The van der Waals surface area contributed by atoms with E-state index in [0.717, 1.165) is 13.0 Å². The van der Waals surface area contributed by atoms with Crippen molar-refractivity contribution >= 4 is 21.1 Å². The minimum Gasteiger partial charge on any atom is -0.408 e. The van der Waals surface area contributed by atoms with Crippen LogP contribution in [0.5, 0.6) is 0 Å². The molecule has 114 valence electrons. The van der Waals surface area contributed by atoms with Gasteiger partial charge in [-0.15, -0.1) is 0 Å². The molecule has 0 atom stereocenters. The first-order chi connectivity index (χ1) is 9.96.